The molecule has 1 saturated heterocycles. The number of rotatable bonds is 3. The largest absolute Gasteiger partial charge is 0.490 e. The Kier molecular flexibility index (Phi) is 5.45. The van der Waals surface area contributed by atoms with E-state index in [2.05, 4.69) is 20.3 Å². The Hall–Kier alpha value is -2.98. The lowest BCUT2D eigenvalue weighted by Crippen LogP contribution is -2.58. The average molecular weight is 400 g/mol. The number of nitrogens with one attached hydrogen (secondary N) is 1. The van der Waals surface area contributed by atoms with Gasteiger partial charge in [0.05, 0.1) is 18.3 Å². The molecule has 1 aromatic heterocycles. The van der Waals surface area contributed by atoms with Crippen LogP contribution in [0.25, 0.3) is 11.4 Å². The fourth-order valence-electron chi connectivity index (χ4n) is 3.71. The zero-order valence-corrected chi connectivity index (χ0v) is 16.5. The van der Waals surface area contributed by atoms with Crippen LogP contribution in [-0.4, -0.2) is 88.9 Å². The van der Waals surface area contributed by atoms with E-state index in [1.807, 2.05) is 25.2 Å². The lowest BCUT2D eigenvalue weighted by molar-refractivity contribution is -0.138. The Balaban J connectivity index is 1.56. The molecule has 29 heavy (non-hydrogen) atoms. The van der Waals surface area contributed by atoms with Crippen LogP contribution in [-0.2, 0) is 21.4 Å². The predicted octanol–water partition coefficient (Wildman–Crippen LogP) is -0.0278. The third-order valence-electron chi connectivity index (χ3n) is 5.23. The Bertz CT molecular complexity index is 914. The lowest BCUT2D eigenvalue weighted by Gasteiger charge is -2.40. The van der Waals surface area contributed by atoms with Crippen molar-refractivity contribution in [3.05, 3.63) is 24.5 Å². The Morgan fingerprint density at radius 2 is 2.24 bits per heavy atom. The van der Waals surface area contributed by atoms with Crippen LogP contribution >= 0.6 is 0 Å². The number of nitrogens with zero attached hydrogens (tertiary/aromatic N) is 5. The molecule has 1 aromatic carbocycles. The molecule has 1 fully saturated rings. The molecular formula is C19H24N6O4. The number of hydrogen-bond donors (Lipinski definition) is 1. The summed E-state index contributed by atoms with van der Waals surface area (Å²) in [5.74, 6) is 1.12. The SMILES string of the molecule is COCC(=O)N1CCN2CC(=O)Nc3cc(-c4ncnn4C)ccc3OC[C@H]2C1. The molecule has 0 bridgehead atoms. The maximum absolute atomic E-state index is 12.6. The van der Waals surface area contributed by atoms with E-state index in [1.165, 1.54) is 13.4 Å². The zero-order valence-electron chi connectivity index (χ0n) is 16.5. The number of aromatic nitrogens is 3. The summed E-state index contributed by atoms with van der Waals surface area (Å²) >= 11 is 0. The molecule has 2 aliphatic rings. The van der Waals surface area contributed by atoms with Crippen LogP contribution in [0.15, 0.2) is 24.5 Å². The molecule has 10 nitrogen and oxygen atoms in total. The number of piperazine rings is 1. The van der Waals surface area contributed by atoms with Crippen molar-refractivity contribution >= 4 is 17.5 Å². The van der Waals surface area contributed by atoms with Gasteiger partial charge < -0.3 is 19.7 Å². The molecule has 0 radical (unpaired) electrons. The molecule has 1 atom stereocenters. The summed E-state index contributed by atoms with van der Waals surface area (Å²) in [5.41, 5.74) is 1.43. The highest BCUT2D eigenvalue weighted by atomic mass is 16.5. The Morgan fingerprint density at radius 1 is 1.38 bits per heavy atom. The van der Waals surface area contributed by atoms with Crippen LogP contribution in [0.4, 0.5) is 5.69 Å². The van der Waals surface area contributed by atoms with Gasteiger partial charge in [0.15, 0.2) is 5.82 Å². The summed E-state index contributed by atoms with van der Waals surface area (Å²) in [6.07, 6.45) is 1.49. The molecule has 4 rings (SSSR count). The minimum Gasteiger partial charge on any atom is -0.490 e. The van der Waals surface area contributed by atoms with Gasteiger partial charge in [-0.15, -0.1) is 0 Å². The van der Waals surface area contributed by atoms with Crippen molar-refractivity contribution in [1.29, 1.82) is 0 Å². The summed E-state index contributed by atoms with van der Waals surface area (Å²) in [5, 5.41) is 7.04. The second-order valence-corrected chi connectivity index (χ2v) is 7.17. The summed E-state index contributed by atoms with van der Waals surface area (Å²) < 4.78 is 12.7. The summed E-state index contributed by atoms with van der Waals surface area (Å²) in [6.45, 7) is 2.35. The molecule has 0 aliphatic carbocycles. The topological polar surface area (TPSA) is 102 Å². The number of carbonyl (C=O) groups is 2. The zero-order chi connectivity index (χ0) is 20.4. The predicted molar refractivity (Wildman–Crippen MR) is 104 cm³/mol. The molecule has 0 saturated carbocycles. The first-order valence-electron chi connectivity index (χ1n) is 9.47. The summed E-state index contributed by atoms with van der Waals surface area (Å²) in [4.78, 5) is 32.9. The number of amides is 2. The van der Waals surface area contributed by atoms with Crippen LogP contribution in [0.3, 0.4) is 0 Å². The van der Waals surface area contributed by atoms with Crippen molar-refractivity contribution in [2.75, 3.05) is 51.8 Å². The van der Waals surface area contributed by atoms with E-state index >= 15 is 0 Å². The van der Waals surface area contributed by atoms with Crippen LogP contribution in [0.1, 0.15) is 0 Å². The number of benzene rings is 1. The van der Waals surface area contributed by atoms with Gasteiger partial charge in [0.2, 0.25) is 11.8 Å². The first-order chi connectivity index (χ1) is 14.0. The van der Waals surface area contributed by atoms with E-state index < -0.39 is 0 Å². The van der Waals surface area contributed by atoms with E-state index in [4.69, 9.17) is 9.47 Å². The minimum absolute atomic E-state index is 0.0507. The number of fused-ring (bicyclic) bond motifs is 2. The fraction of sp³-hybridized carbons (Fsp3) is 0.474. The van der Waals surface area contributed by atoms with E-state index in [1.54, 1.807) is 9.58 Å². The van der Waals surface area contributed by atoms with Gasteiger partial charge in [0, 0.05) is 39.4 Å². The lowest BCUT2D eigenvalue weighted by atomic mass is 10.1. The average Bonchev–Trinajstić information content (AvgIpc) is 3.15. The van der Waals surface area contributed by atoms with E-state index in [9.17, 15) is 9.59 Å². The third-order valence-corrected chi connectivity index (χ3v) is 5.23. The highest BCUT2D eigenvalue weighted by molar-refractivity contribution is 5.94. The quantitative estimate of drug-likeness (QED) is 0.772. The number of methoxy groups -OCH3 is 1. The summed E-state index contributed by atoms with van der Waals surface area (Å²) in [7, 11) is 3.32. The number of hydrogen-bond acceptors (Lipinski definition) is 7. The number of aryl methyl sites for hydroxylation is 1. The smallest absolute Gasteiger partial charge is 0.248 e. The number of ether oxygens (including phenoxy) is 2. The molecule has 154 valence electrons. The maximum atomic E-state index is 12.6. The van der Waals surface area contributed by atoms with Crippen molar-refractivity contribution in [2.45, 2.75) is 6.04 Å². The third kappa shape index (κ3) is 4.08. The van der Waals surface area contributed by atoms with Gasteiger partial charge in [0.1, 0.15) is 25.3 Å². The molecule has 2 aromatic rings. The molecule has 2 amide bonds. The molecule has 3 heterocycles. The highest BCUT2D eigenvalue weighted by Crippen LogP contribution is 2.31. The second-order valence-electron chi connectivity index (χ2n) is 7.17. The molecule has 2 aliphatic heterocycles. The minimum atomic E-state index is -0.117. The van der Waals surface area contributed by atoms with E-state index in [0.29, 0.717) is 43.5 Å². The molecule has 0 spiro atoms. The first kappa shape index (κ1) is 19.3. The Labute approximate surface area is 168 Å². The van der Waals surface area contributed by atoms with Crippen LogP contribution in [0, 0.1) is 0 Å². The van der Waals surface area contributed by atoms with Crippen molar-refractivity contribution in [3.8, 4) is 17.1 Å². The molecular weight excluding hydrogens is 376 g/mol. The van der Waals surface area contributed by atoms with Crippen molar-refractivity contribution in [2.24, 2.45) is 7.05 Å². The molecule has 10 heteroatoms. The highest BCUT2D eigenvalue weighted by Gasteiger charge is 2.32. The van der Waals surface area contributed by atoms with Gasteiger partial charge in [-0.3, -0.25) is 14.5 Å². The van der Waals surface area contributed by atoms with Gasteiger partial charge in [-0.05, 0) is 18.2 Å². The molecule has 0 unspecified atom stereocenters. The van der Waals surface area contributed by atoms with Crippen molar-refractivity contribution in [3.63, 3.8) is 0 Å². The second kappa shape index (κ2) is 8.18. The summed E-state index contributed by atoms with van der Waals surface area (Å²) in [6, 6.07) is 5.49. The van der Waals surface area contributed by atoms with Crippen LogP contribution < -0.4 is 10.1 Å². The van der Waals surface area contributed by atoms with Gasteiger partial charge in [-0.2, -0.15) is 5.10 Å². The monoisotopic (exact) mass is 400 g/mol. The van der Waals surface area contributed by atoms with Gasteiger partial charge in [-0.25, -0.2) is 9.67 Å². The van der Waals surface area contributed by atoms with Crippen LogP contribution in [0.5, 0.6) is 5.75 Å². The van der Waals surface area contributed by atoms with Crippen molar-refractivity contribution in [1.82, 2.24) is 24.6 Å². The number of anilines is 1. The Morgan fingerprint density at radius 3 is 3.00 bits per heavy atom. The fourth-order valence-corrected chi connectivity index (χ4v) is 3.71. The van der Waals surface area contributed by atoms with E-state index in [-0.39, 0.29) is 31.0 Å². The molecule has 1 N–H and O–H groups in total. The van der Waals surface area contributed by atoms with Gasteiger partial charge in [0.25, 0.3) is 0 Å². The standard InChI is InChI=1S/C19H24N6O4/c1-23-19(20-12-21-23)13-3-4-16-15(7-13)22-17(26)9-24-5-6-25(18(27)11-28-2)8-14(24)10-29-16/h3-4,7,12,14H,5-6,8-11H2,1-2H3,(H,22,26)/t14-/m1/s1. The first-order valence-corrected chi connectivity index (χ1v) is 9.47. The van der Waals surface area contributed by atoms with Crippen molar-refractivity contribution < 1.29 is 19.1 Å². The van der Waals surface area contributed by atoms with Gasteiger partial charge >= 0.3 is 0 Å². The maximum Gasteiger partial charge on any atom is 0.248 e. The number of carbonyl (C=O) groups excluding carboxylic acids is 2. The van der Waals surface area contributed by atoms with Crippen LogP contribution in [0.2, 0.25) is 0 Å². The normalized spacial score (nSPS) is 19.9. The van der Waals surface area contributed by atoms with Gasteiger partial charge in [-0.1, -0.05) is 0 Å². The van der Waals surface area contributed by atoms with E-state index in [0.717, 1.165) is 5.56 Å².